The monoisotopic (exact) mass is 277 g/mol. The van der Waals surface area contributed by atoms with Crippen molar-refractivity contribution in [3.63, 3.8) is 0 Å². The summed E-state index contributed by atoms with van der Waals surface area (Å²) in [5, 5.41) is 14.1. The van der Waals surface area contributed by atoms with Crippen molar-refractivity contribution < 1.29 is 14.7 Å². The molecule has 4 atom stereocenters. The van der Waals surface area contributed by atoms with E-state index >= 15 is 0 Å². The highest BCUT2D eigenvalue weighted by Crippen LogP contribution is 2.04. The summed E-state index contributed by atoms with van der Waals surface area (Å²) in [6.45, 7) is 5.81. The fourth-order valence-electron chi connectivity index (χ4n) is 1.25. The molecule has 0 aromatic heterocycles. The summed E-state index contributed by atoms with van der Waals surface area (Å²) in [5.41, 5.74) is 5.87. The van der Waals surface area contributed by atoms with E-state index in [1.54, 1.807) is 6.92 Å². The molecule has 2 unspecified atom stereocenters. The Morgan fingerprint density at radius 1 is 1.33 bits per heavy atom. The van der Waals surface area contributed by atoms with Gasteiger partial charge in [-0.05, 0) is 33.1 Å². The van der Waals surface area contributed by atoms with Crippen LogP contribution in [0.25, 0.3) is 0 Å². The third-order valence-corrected chi connectivity index (χ3v) is 3.36. The van der Waals surface area contributed by atoms with Crippen molar-refractivity contribution in [1.29, 1.82) is 0 Å². The Balaban J connectivity index is 3.90. The van der Waals surface area contributed by atoms with E-state index in [0.29, 0.717) is 6.54 Å². The zero-order valence-corrected chi connectivity index (χ0v) is 12.2. The van der Waals surface area contributed by atoms with Gasteiger partial charge in [0.15, 0.2) is 0 Å². The summed E-state index contributed by atoms with van der Waals surface area (Å²) in [4.78, 5) is 22.2. The largest absolute Gasteiger partial charge is 0.480 e. The second-order valence-electron chi connectivity index (χ2n) is 4.35. The van der Waals surface area contributed by atoms with Gasteiger partial charge in [0.1, 0.15) is 6.04 Å². The van der Waals surface area contributed by atoms with Crippen LogP contribution in [0.1, 0.15) is 20.3 Å². The zero-order chi connectivity index (χ0) is 14.1. The van der Waals surface area contributed by atoms with Crippen molar-refractivity contribution in [2.24, 2.45) is 5.73 Å². The Kier molecular flexibility index (Phi) is 8.89. The molecule has 106 valence electrons. The van der Waals surface area contributed by atoms with Crippen LogP contribution in [0.5, 0.6) is 0 Å². The van der Waals surface area contributed by atoms with Crippen LogP contribution in [0, 0.1) is 0 Å². The van der Waals surface area contributed by atoms with E-state index in [1.807, 2.05) is 0 Å². The van der Waals surface area contributed by atoms with Crippen LogP contribution >= 0.6 is 8.58 Å². The number of rotatable bonds is 9. The van der Waals surface area contributed by atoms with Crippen molar-refractivity contribution in [2.75, 3.05) is 19.4 Å². The molecule has 0 bridgehead atoms. The minimum atomic E-state index is -1.05. The summed E-state index contributed by atoms with van der Waals surface area (Å²) in [7, 11) is 0.886. The lowest BCUT2D eigenvalue weighted by Crippen LogP contribution is -2.50. The zero-order valence-electron chi connectivity index (χ0n) is 11.2. The average Bonchev–Trinajstić information content (AvgIpc) is 2.32. The van der Waals surface area contributed by atoms with E-state index in [-0.39, 0.29) is 11.9 Å². The molecule has 0 heterocycles. The summed E-state index contributed by atoms with van der Waals surface area (Å²) in [6, 6.07) is -1.29. The lowest BCUT2D eigenvalue weighted by molar-refractivity contribution is -0.141. The standard InChI is InChI=1S/C11H24N3O3P/c1-7(10(15)14-8(2)11(16)17)13-6-9(12)4-5-18-3/h7-9,13,18H,4-6,12H2,1-3H3,(H,14,15)(H,16,17)/t7-,8-,9?/m0/s1. The molecule has 18 heavy (non-hydrogen) atoms. The van der Waals surface area contributed by atoms with Gasteiger partial charge in [0, 0.05) is 12.6 Å². The molecule has 0 saturated heterocycles. The van der Waals surface area contributed by atoms with Gasteiger partial charge >= 0.3 is 5.97 Å². The predicted molar refractivity (Wildman–Crippen MR) is 74.4 cm³/mol. The highest BCUT2D eigenvalue weighted by molar-refractivity contribution is 7.36. The number of hydrogen-bond acceptors (Lipinski definition) is 4. The Morgan fingerprint density at radius 3 is 2.44 bits per heavy atom. The van der Waals surface area contributed by atoms with E-state index in [2.05, 4.69) is 17.3 Å². The number of nitrogens with one attached hydrogen (secondary N) is 2. The lowest BCUT2D eigenvalue weighted by atomic mass is 10.2. The molecule has 0 aliphatic heterocycles. The topological polar surface area (TPSA) is 104 Å². The highest BCUT2D eigenvalue weighted by atomic mass is 31.1. The molecule has 6 nitrogen and oxygen atoms in total. The van der Waals surface area contributed by atoms with Crippen LogP contribution in [0.2, 0.25) is 0 Å². The van der Waals surface area contributed by atoms with Crippen LogP contribution in [-0.4, -0.2) is 54.5 Å². The molecule has 0 radical (unpaired) electrons. The van der Waals surface area contributed by atoms with Gasteiger partial charge < -0.3 is 21.5 Å². The normalized spacial score (nSPS) is 16.4. The number of nitrogens with two attached hydrogens (primary N) is 1. The fourth-order valence-corrected chi connectivity index (χ4v) is 1.91. The van der Waals surface area contributed by atoms with E-state index < -0.39 is 18.1 Å². The number of amides is 1. The lowest BCUT2D eigenvalue weighted by Gasteiger charge is -2.18. The SMILES string of the molecule is CPCCC(N)CN[C@@H](C)C(=O)N[C@@H](C)C(=O)O. The number of carbonyl (C=O) groups excluding carboxylic acids is 1. The van der Waals surface area contributed by atoms with E-state index in [1.165, 1.54) is 6.92 Å². The molecule has 0 aliphatic rings. The summed E-state index contributed by atoms with van der Waals surface area (Å²) >= 11 is 0. The number of aliphatic carboxylic acids is 1. The number of hydrogen-bond donors (Lipinski definition) is 4. The molecule has 0 aromatic carbocycles. The Labute approximate surface area is 110 Å². The van der Waals surface area contributed by atoms with Gasteiger partial charge in [-0.1, -0.05) is 0 Å². The Hall–Kier alpha value is -0.710. The van der Waals surface area contributed by atoms with Gasteiger partial charge in [0.25, 0.3) is 0 Å². The van der Waals surface area contributed by atoms with Crippen molar-refractivity contribution >= 4 is 20.5 Å². The summed E-state index contributed by atoms with van der Waals surface area (Å²) in [5.74, 6) is -1.37. The first kappa shape index (κ1) is 17.3. The molecular formula is C11H24N3O3P. The highest BCUT2D eigenvalue weighted by Gasteiger charge is 2.18. The number of carboxylic acid groups (broad SMARTS) is 1. The minimum Gasteiger partial charge on any atom is -0.480 e. The van der Waals surface area contributed by atoms with Gasteiger partial charge in [-0.2, -0.15) is 0 Å². The molecule has 0 spiro atoms. The molecule has 0 aromatic rings. The third kappa shape index (κ3) is 7.58. The minimum absolute atomic E-state index is 0.0320. The third-order valence-electron chi connectivity index (χ3n) is 2.57. The molecule has 0 saturated carbocycles. The van der Waals surface area contributed by atoms with Gasteiger partial charge in [-0.15, -0.1) is 8.58 Å². The van der Waals surface area contributed by atoms with Crippen molar-refractivity contribution in [2.45, 2.75) is 38.4 Å². The Bertz CT molecular complexity index is 276. The smallest absolute Gasteiger partial charge is 0.325 e. The second kappa shape index (κ2) is 9.25. The molecular weight excluding hydrogens is 253 g/mol. The molecule has 7 heteroatoms. The first-order chi connectivity index (χ1) is 8.38. The Morgan fingerprint density at radius 2 is 1.94 bits per heavy atom. The van der Waals surface area contributed by atoms with E-state index in [4.69, 9.17) is 10.8 Å². The second-order valence-corrected chi connectivity index (χ2v) is 5.56. The van der Waals surface area contributed by atoms with Crippen LogP contribution in [-0.2, 0) is 9.59 Å². The van der Waals surface area contributed by atoms with Crippen molar-refractivity contribution in [1.82, 2.24) is 10.6 Å². The van der Waals surface area contributed by atoms with Gasteiger partial charge in [0.05, 0.1) is 6.04 Å². The number of carbonyl (C=O) groups is 2. The maximum atomic E-state index is 11.6. The average molecular weight is 277 g/mol. The van der Waals surface area contributed by atoms with Crippen LogP contribution < -0.4 is 16.4 Å². The van der Waals surface area contributed by atoms with Crippen molar-refractivity contribution in [3.05, 3.63) is 0 Å². The van der Waals surface area contributed by atoms with E-state index in [9.17, 15) is 9.59 Å². The molecule has 0 rings (SSSR count). The quantitative estimate of drug-likeness (QED) is 0.428. The van der Waals surface area contributed by atoms with Gasteiger partial charge in [-0.3, -0.25) is 9.59 Å². The van der Waals surface area contributed by atoms with Crippen LogP contribution in [0.15, 0.2) is 0 Å². The maximum Gasteiger partial charge on any atom is 0.325 e. The predicted octanol–water partition coefficient (Wildman–Crippen LogP) is -0.420. The first-order valence-electron chi connectivity index (χ1n) is 6.05. The molecule has 1 amide bonds. The van der Waals surface area contributed by atoms with Crippen LogP contribution in [0.4, 0.5) is 0 Å². The number of carboxylic acids is 1. The molecule has 0 aliphatic carbocycles. The van der Waals surface area contributed by atoms with Gasteiger partial charge in [0.2, 0.25) is 5.91 Å². The van der Waals surface area contributed by atoms with E-state index in [0.717, 1.165) is 21.2 Å². The van der Waals surface area contributed by atoms with Crippen molar-refractivity contribution in [3.8, 4) is 0 Å². The summed E-state index contributed by atoms with van der Waals surface area (Å²) < 4.78 is 0. The maximum absolute atomic E-state index is 11.6. The van der Waals surface area contributed by atoms with Gasteiger partial charge in [-0.25, -0.2) is 0 Å². The summed E-state index contributed by atoms with van der Waals surface area (Å²) in [6.07, 6.45) is 2.03. The fraction of sp³-hybridized carbons (Fsp3) is 0.818. The molecule has 0 fully saturated rings. The van der Waals surface area contributed by atoms with Crippen LogP contribution in [0.3, 0.4) is 0 Å². The first-order valence-corrected chi connectivity index (χ1v) is 7.76. The molecule has 5 N–H and O–H groups in total.